The highest BCUT2D eigenvalue weighted by molar-refractivity contribution is 5.77. The fourth-order valence-electron chi connectivity index (χ4n) is 3.58. The minimum absolute atomic E-state index is 0.00500. The van der Waals surface area contributed by atoms with Gasteiger partial charge in [0.15, 0.2) is 0 Å². The van der Waals surface area contributed by atoms with Gasteiger partial charge < -0.3 is 14.4 Å². The second kappa shape index (κ2) is 7.21. The number of likely N-dealkylation sites (tertiary alicyclic amines) is 1. The molecule has 1 saturated heterocycles. The Bertz CT molecular complexity index is 798. The minimum atomic E-state index is -0.345. The van der Waals surface area contributed by atoms with Crippen LogP contribution in [0.3, 0.4) is 0 Å². The first-order chi connectivity index (χ1) is 12.0. The highest BCUT2D eigenvalue weighted by atomic mass is 16.5. The molecule has 3 heterocycles. The third-order valence-corrected chi connectivity index (χ3v) is 4.85. The molecular formula is C18H24N4O3. The Balaban J connectivity index is 1.72. The quantitative estimate of drug-likeness (QED) is 0.919. The Labute approximate surface area is 146 Å². The maximum Gasteiger partial charge on any atom is 0.345 e. The van der Waals surface area contributed by atoms with Crippen molar-refractivity contribution in [2.24, 2.45) is 0 Å². The largest absolute Gasteiger partial charge is 0.361 e. The van der Waals surface area contributed by atoms with Crippen molar-refractivity contribution in [2.45, 2.75) is 58.9 Å². The topological polar surface area (TPSA) is 92.1 Å². The number of nitrogens with one attached hydrogen (secondary N) is 1. The first kappa shape index (κ1) is 17.4. The molecule has 1 fully saturated rings. The van der Waals surface area contributed by atoms with E-state index in [1.54, 1.807) is 0 Å². The molecule has 1 atom stereocenters. The maximum atomic E-state index is 12.8. The Morgan fingerprint density at radius 1 is 1.36 bits per heavy atom. The van der Waals surface area contributed by atoms with Gasteiger partial charge in [-0.3, -0.25) is 4.79 Å². The van der Waals surface area contributed by atoms with Gasteiger partial charge in [-0.1, -0.05) is 5.16 Å². The van der Waals surface area contributed by atoms with Crippen molar-refractivity contribution in [2.75, 3.05) is 6.54 Å². The summed E-state index contributed by atoms with van der Waals surface area (Å²) in [6.07, 6.45) is 3.97. The van der Waals surface area contributed by atoms with E-state index in [9.17, 15) is 9.59 Å². The Morgan fingerprint density at radius 3 is 2.84 bits per heavy atom. The summed E-state index contributed by atoms with van der Waals surface area (Å²) < 4.78 is 5.19. The van der Waals surface area contributed by atoms with Crippen LogP contribution < -0.4 is 5.69 Å². The Hall–Kier alpha value is -2.44. The van der Waals surface area contributed by atoms with E-state index >= 15 is 0 Å². The lowest BCUT2D eigenvalue weighted by atomic mass is 9.98. The monoisotopic (exact) mass is 344 g/mol. The van der Waals surface area contributed by atoms with E-state index in [-0.39, 0.29) is 17.6 Å². The molecule has 134 valence electrons. The third-order valence-electron chi connectivity index (χ3n) is 4.85. The zero-order chi connectivity index (χ0) is 18.0. The number of aromatic nitrogens is 3. The van der Waals surface area contributed by atoms with E-state index in [1.807, 2.05) is 31.7 Å². The number of rotatable bonds is 4. The van der Waals surface area contributed by atoms with E-state index in [2.05, 4.69) is 15.1 Å². The second-order valence-corrected chi connectivity index (χ2v) is 6.69. The number of aryl methyl sites for hydroxylation is 3. The molecule has 1 amide bonds. The molecule has 0 aromatic carbocycles. The van der Waals surface area contributed by atoms with Crippen molar-refractivity contribution in [1.82, 2.24) is 20.0 Å². The number of piperidine rings is 1. The van der Waals surface area contributed by atoms with E-state index in [0.717, 1.165) is 48.5 Å². The molecule has 0 saturated carbocycles. The lowest BCUT2D eigenvalue weighted by Gasteiger charge is -2.34. The van der Waals surface area contributed by atoms with E-state index in [0.29, 0.717) is 18.5 Å². The Morgan fingerprint density at radius 2 is 2.16 bits per heavy atom. The van der Waals surface area contributed by atoms with Crippen LogP contribution in [0.2, 0.25) is 0 Å². The van der Waals surface area contributed by atoms with Crippen LogP contribution in [-0.4, -0.2) is 32.5 Å². The number of aromatic amines is 1. The van der Waals surface area contributed by atoms with Crippen molar-refractivity contribution in [3.63, 3.8) is 0 Å². The van der Waals surface area contributed by atoms with Gasteiger partial charge in [0.25, 0.3) is 0 Å². The molecule has 1 aliphatic heterocycles. The SMILES string of the molecule is Cc1cc([C@H]2CCCCN2C(=O)CCc2c(C)nc(=O)[nH]c2C)no1. The lowest BCUT2D eigenvalue weighted by Crippen LogP contribution is -2.38. The Kier molecular flexibility index (Phi) is 5.01. The average Bonchev–Trinajstić information content (AvgIpc) is 3.00. The molecule has 1 aliphatic rings. The van der Waals surface area contributed by atoms with Gasteiger partial charge in [0, 0.05) is 30.4 Å². The smallest absolute Gasteiger partial charge is 0.345 e. The number of hydrogen-bond acceptors (Lipinski definition) is 5. The highest BCUT2D eigenvalue weighted by Crippen LogP contribution is 2.31. The van der Waals surface area contributed by atoms with Crippen molar-refractivity contribution in [3.8, 4) is 0 Å². The number of carbonyl (C=O) groups is 1. The lowest BCUT2D eigenvalue weighted by molar-refractivity contribution is -0.135. The van der Waals surface area contributed by atoms with Crippen LogP contribution in [0.5, 0.6) is 0 Å². The normalized spacial score (nSPS) is 17.7. The summed E-state index contributed by atoms with van der Waals surface area (Å²) in [5.74, 6) is 0.869. The molecule has 0 radical (unpaired) electrons. The summed E-state index contributed by atoms with van der Waals surface area (Å²) in [5.41, 5.74) is 2.91. The summed E-state index contributed by atoms with van der Waals surface area (Å²) >= 11 is 0. The van der Waals surface area contributed by atoms with Gasteiger partial charge in [-0.2, -0.15) is 4.98 Å². The molecule has 2 aromatic heterocycles. The van der Waals surface area contributed by atoms with Crippen LogP contribution in [-0.2, 0) is 11.2 Å². The molecule has 2 aromatic rings. The number of carbonyl (C=O) groups excluding carboxylic acids is 1. The maximum absolute atomic E-state index is 12.8. The van der Waals surface area contributed by atoms with Gasteiger partial charge in [0.1, 0.15) is 11.5 Å². The van der Waals surface area contributed by atoms with E-state index in [4.69, 9.17) is 4.52 Å². The molecule has 0 bridgehead atoms. The van der Waals surface area contributed by atoms with Crippen LogP contribution in [0.1, 0.15) is 60.1 Å². The summed E-state index contributed by atoms with van der Waals surface area (Å²) in [4.78, 5) is 32.8. The van der Waals surface area contributed by atoms with Crippen molar-refractivity contribution in [3.05, 3.63) is 45.0 Å². The number of nitrogens with zero attached hydrogens (tertiary/aromatic N) is 3. The van der Waals surface area contributed by atoms with E-state index in [1.165, 1.54) is 0 Å². The molecule has 1 N–H and O–H groups in total. The van der Waals surface area contributed by atoms with Crippen molar-refractivity contribution >= 4 is 5.91 Å². The first-order valence-corrected chi connectivity index (χ1v) is 8.75. The highest BCUT2D eigenvalue weighted by Gasteiger charge is 2.30. The minimum Gasteiger partial charge on any atom is -0.361 e. The van der Waals surface area contributed by atoms with Crippen LogP contribution in [0.4, 0.5) is 0 Å². The zero-order valence-corrected chi connectivity index (χ0v) is 15.0. The fraction of sp³-hybridized carbons (Fsp3) is 0.556. The molecule has 7 nitrogen and oxygen atoms in total. The summed E-state index contributed by atoms with van der Waals surface area (Å²) in [5, 5.41) is 4.11. The van der Waals surface area contributed by atoms with Gasteiger partial charge in [-0.15, -0.1) is 0 Å². The second-order valence-electron chi connectivity index (χ2n) is 6.69. The summed E-state index contributed by atoms with van der Waals surface area (Å²) in [6.45, 7) is 6.26. The number of amides is 1. The molecule has 0 unspecified atom stereocenters. The molecule has 25 heavy (non-hydrogen) atoms. The predicted molar refractivity (Wildman–Crippen MR) is 92.2 cm³/mol. The predicted octanol–water partition coefficient (Wildman–Crippen LogP) is 2.37. The van der Waals surface area contributed by atoms with Crippen molar-refractivity contribution < 1.29 is 9.32 Å². The molecule has 0 spiro atoms. The molecule has 7 heteroatoms. The fourth-order valence-corrected chi connectivity index (χ4v) is 3.58. The third kappa shape index (κ3) is 3.81. The molecule has 3 rings (SSSR count). The zero-order valence-electron chi connectivity index (χ0n) is 15.0. The van der Waals surface area contributed by atoms with Crippen LogP contribution in [0.25, 0.3) is 0 Å². The van der Waals surface area contributed by atoms with Crippen LogP contribution in [0.15, 0.2) is 15.4 Å². The van der Waals surface area contributed by atoms with Crippen molar-refractivity contribution in [1.29, 1.82) is 0 Å². The average molecular weight is 344 g/mol. The van der Waals surface area contributed by atoms with Crippen LogP contribution in [0, 0.1) is 20.8 Å². The van der Waals surface area contributed by atoms with Gasteiger partial charge in [0.2, 0.25) is 5.91 Å². The summed E-state index contributed by atoms with van der Waals surface area (Å²) in [7, 11) is 0. The summed E-state index contributed by atoms with van der Waals surface area (Å²) in [6, 6.07) is 1.91. The standard InChI is InChI=1S/C18H24N4O3/c1-11-10-15(21-25-11)16-6-4-5-9-22(16)17(23)8-7-14-12(2)19-18(24)20-13(14)3/h10,16H,4-9H2,1-3H3,(H,19,20,24)/t16-/m1/s1. The van der Waals surface area contributed by atoms with Gasteiger partial charge in [0.05, 0.1) is 6.04 Å². The van der Waals surface area contributed by atoms with Crippen LogP contribution >= 0.6 is 0 Å². The number of H-pyrrole nitrogens is 1. The molecule has 0 aliphatic carbocycles. The van der Waals surface area contributed by atoms with Gasteiger partial charge >= 0.3 is 5.69 Å². The number of hydrogen-bond donors (Lipinski definition) is 1. The van der Waals surface area contributed by atoms with E-state index < -0.39 is 0 Å². The molecular weight excluding hydrogens is 320 g/mol. The van der Waals surface area contributed by atoms with Gasteiger partial charge in [-0.25, -0.2) is 4.79 Å². The van der Waals surface area contributed by atoms with Gasteiger partial charge in [-0.05, 0) is 52.0 Å². The first-order valence-electron chi connectivity index (χ1n) is 8.75.